The van der Waals surface area contributed by atoms with Gasteiger partial charge in [-0.3, -0.25) is 0 Å². The summed E-state index contributed by atoms with van der Waals surface area (Å²) in [4.78, 5) is 0. The summed E-state index contributed by atoms with van der Waals surface area (Å²) in [7, 11) is 1.72. The molecule has 4 nitrogen and oxygen atoms in total. The van der Waals surface area contributed by atoms with Gasteiger partial charge in [-0.15, -0.1) is 0 Å². The van der Waals surface area contributed by atoms with Crippen molar-refractivity contribution in [1.29, 1.82) is 10.5 Å². The van der Waals surface area contributed by atoms with Crippen LogP contribution in [0, 0.1) is 51.7 Å². The average molecular weight is 501 g/mol. The van der Waals surface area contributed by atoms with Crippen molar-refractivity contribution in [2.75, 3.05) is 7.11 Å². The van der Waals surface area contributed by atoms with Gasteiger partial charge in [0.2, 0.25) is 0 Å². The molecule has 0 aliphatic heterocycles. The van der Waals surface area contributed by atoms with Crippen LogP contribution in [-0.4, -0.2) is 12.2 Å². The van der Waals surface area contributed by atoms with Gasteiger partial charge in [-0.2, -0.15) is 10.5 Å². The summed E-state index contributed by atoms with van der Waals surface area (Å²) in [6, 6.07) is 7.89. The van der Waals surface area contributed by atoms with Crippen LogP contribution in [0.15, 0.2) is 46.6 Å². The van der Waals surface area contributed by atoms with Crippen molar-refractivity contribution in [2.45, 2.75) is 58.8 Å². The summed E-state index contributed by atoms with van der Waals surface area (Å²) in [5.41, 5.74) is 4.68. The fraction of sp³-hybridized carbons (Fsp3) is 0.484. The molecule has 0 atom stereocenters. The fourth-order valence-electron chi connectivity index (χ4n) is 7.42. The summed E-state index contributed by atoms with van der Waals surface area (Å²) in [5, 5.41) is 30.0. The van der Waals surface area contributed by atoms with E-state index in [0.29, 0.717) is 28.8 Å². The van der Waals surface area contributed by atoms with E-state index in [4.69, 9.17) is 16.3 Å². The van der Waals surface area contributed by atoms with Crippen molar-refractivity contribution in [1.82, 2.24) is 0 Å². The number of nitriles is 2. The van der Waals surface area contributed by atoms with Gasteiger partial charge in [-0.1, -0.05) is 49.7 Å². The highest BCUT2D eigenvalue weighted by Crippen LogP contribution is 2.58. The van der Waals surface area contributed by atoms with Gasteiger partial charge in [-0.05, 0) is 96.8 Å². The van der Waals surface area contributed by atoms with E-state index in [-0.39, 0.29) is 16.7 Å². The summed E-state index contributed by atoms with van der Waals surface area (Å²) in [6.07, 6.45) is 13.6. The van der Waals surface area contributed by atoms with E-state index >= 15 is 0 Å². The molecule has 36 heavy (non-hydrogen) atoms. The molecule has 0 unspecified atom stereocenters. The van der Waals surface area contributed by atoms with Crippen LogP contribution in [0.1, 0.15) is 69.9 Å². The summed E-state index contributed by atoms with van der Waals surface area (Å²) in [5.74, 6) is 3.77. The Morgan fingerprint density at radius 3 is 2.25 bits per heavy atom. The molecule has 1 N–H and O–H groups in total. The molecule has 0 spiro atoms. The van der Waals surface area contributed by atoms with Crippen LogP contribution in [-0.2, 0) is 4.74 Å². The summed E-state index contributed by atoms with van der Waals surface area (Å²) < 4.78 is 5.97. The molecule has 1 aromatic carbocycles. The Labute approximate surface area is 219 Å². The first-order valence-electron chi connectivity index (χ1n) is 12.9. The monoisotopic (exact) mass is 500 g/mol. The molecule has 5 aliphatic carbocycles. The number of allylic oxidation sites excluding steroid dienone is 6. The fourth-order valence-corrected chi connectivity index (χ4v) is 7.68. The molecule has 0 radical (unpaired) electrons. The maximum atomic E-state index is 11.0. The zero-order chi connectivity index (χ0) is 25.6. The molecule has 4 saturated carbocycles. The number of ether oxygens (including phenoxy) is 1. The number of phenolic OH excluding ortho intramolecular Hbond substituents is 1. The van der Waals surface area contributed by atoms with Gasteiger partial charge in [-0.25, -0.2) is 0 Å². The number of phenols is 1. The van der Waals surface area contributed by atoms with Gasteiger partial charge in [0.25, 0.3) is 0 Å². The van der Waals surface area contributed by atoms with Crippen molar-refractivity contribution in [3.63, 3.8) is 0 Å². The number of rotatable bonds is 4. The number of nitrogens with zero attached hydrogens (tertiary/aromatic N) is 2. The quantitative estimate of drug-likeness (QED) is 0.336. The lowest BCUT2D eigenvalue weighted by Crippen LogP contribution is -2.40. The van der Waals surface area contributed by atoms with Gasteiger partial charge < -0.3 is 9.84 Å². The molecule has 4 bridgehead atoms. The maximum absolute atomic E-state index is 11.0. The SMILES string of the molecule is COC(=C1C2CC3CC(C2)CC1C3)c1ccc(/C=C/C2=CC(=C(C#N)C#N)CC(C)(C)C2)c(O)c1Cl. The van der Waals surface area contributed by atoms with Crippen molar-refractivity contribution < 1.29 is 9.84 Å². The normalized spacial score (nSPS) is 28.0. The van der Waals surface area contributed by atoms with Gasteiger partial charge in [0.05, 0.1) is 12.1 Å². The lowest BCUT2D eigenvalue weighted by Gasteiger charge is -2.51. The summed E-state index contributed by atoms with van der Waals surface area (Å²) in [6.45, 7) is 4.26. The Hall–Kier alpha value is -2.95. The standard InChI is InChI=1S/C31H33ClN2O2/c1-31(2)14-18(9-24(15-31)25(16-33)17-34)4-5-21-6-7-26(28(32)29(21)35)30(36-3)27-22-10-19-8-20(12-22)13-23(27)11-19/h4-7,9,19-20,22-23,35H,8,10-15H2,1-3H3/b5-4+,30-27?. The Morgan fingerprint density at radius 1 is 1.03 bits per heavy atom. The van der Waals surface area contributed by atoms with Crippen LogP contribution in [0.2, 0.25) is 5.02 Å². The first-order chi connectivity index (χ1) is 17.2. The highest BCUT2D eigenvalue weighted by atomic mass is 35.5. The number of benzene rings is 1. The molecule has 0 amide bonds. The Kier molecular flexibility index (Phi) is 6.52. The summed E-state index contributed by atoms with van der Waals surface area (Å²) >= 11 is 6.76. The van der Waals surface area contributed by atoms with E-state index in [1.165, 1.54) is 37.7 Å². The highest BCUT2D eigenvalue weighted by Gasteiger charge is 2.47. The molecular formula is C31H33ClN2O2. The van der Waals surface area contributed by atoms with Gasteiger partial charge in [0, 0.05) is 11.1 Å². The van der Waals surface area contributed by atoms with Crippen LogP contribution in [0.3, 0.4) is 0 Å². The number of aromatic hydroxyl groups is 1. The van der Waals surface area contributed by atoms with E-state index < -0.39 is 0 Å². The second kappa shape index (κ2) is 9.49. The van der Waals surface area contributed by atoms with Crippen LogP contribution in [0.4, 0.5) is 0 Å². The van der Waals surface area contributed by atoms with E-state index in [2.05, 4.69) is 13.8 Å². The Morgan fingerprint density at radius 2 is 1.67 bits per heavy atom. The van der Waals surface area contributed by atoms with E-state index in [1.807, 2.05) is 42.5 Å². The minimum Gasteiger partial charge on any atom is -0.506 e. The Balaban J connectivity index is 1.47. The van der Waals surface area contributed by atoms with Crippen LogP contribution >= 0.6 is 11.6 Å². The second-order valence-corrected chi connectivity index (χ2v) is 12.2. The molecular weight excluding hydrogens is 468 g/mol. The predicted molar refractivity (Wildman–Crippen MR) is 142 cm³/mol. The first kappa shape index (κ1) is 24.7. The van der Waals surface area contributed by atoms with Crippen LogP contribution < -0.4 is 0 Å². The number of methoxy groups -OCH3 is 1. The third kappa shape index (κ3) is 4.49. The molecule has 5 heteroatoms. The van der Waals surface area contributed by atoms with E-state index in [9.17, 15) is 15.6 Å². The second-order valence-electron chi connectivity index (χ2n) is 11.9. The minimum absolute atomic E-state index is 0.0468. The van der Waals surface area contributed by atoms with Gasteiger partial charge >= 0.3 is 0 Å². The third-order valence-corrected chi connectivity index (χ3v) is 8.99. The zero-order valence-corrected chi connectivity index (χ0v) is 22.0. The number of hydrogen-bond acceptors (Lipinski definition) is 4. The molecule has 6 rings (SSSR count). The van der Waals surface area contributed by atoms with E-state index in [1.54, 1.807) is 7.11 Å². The maximum Gasteiger partial charge on any atom is 0.142 e. The van der Waals surface area contributed by atoms with Crippen molar-refractivity contribution >= 4 is 23.4 Å². The smallest absolute Gasteiger partial charge is 0.142 e. The molecule has 4 fully saturated rings. The number of hydrogen-bond donors (Lipinski definition) is 1. The lowest BCUT2D eigenvalue weighted by atomic mass is 9.54. The zero-order valence-electron chi connectivity index (χ0n) is 21.3. The number of halogens is 1. The topological polar surface area (TPSA) is 77.0 Å². The van der Waals surface area contributed by atoms with Crippen molar-refractivity contribution in [3.8, 4) is 17.9 Å². The Bertz CT molecular complexity index is 1250. The van der Waals surface area contributed by atoms with Gasteiger partial charge in [0.15, 0.2) is 0 Å². The van der Waals surface area contributed by atoms with Crippen LogP contribution in [0.25, 0.3) is 11.8 Å². The third-order valence-electron chi connectivity index (χ3n) is 8.61. The predicted octanol–water partition coefficient (Wildman–Crippen LogP) is 7.96. The van der Waals surface area contributed by atoms with Crippen molar-refractivity contribution in [2.24, 2.45) is 29.1 Å². The van der Waals surface area contributed by atoms with Crippen molar-refractivity contribution in [3.05, 3.63) is 62.7 Å². The largest absolute Gasteiger partial charge is 0.506 e. The molecule has 1 aromatic rings. The minimum atomic E-state index is -0.0650. The van der Waals surface area contributed by atoms with E-state index in [0.717, 1.165) is 40.7 Å². The lowest BCUT2D eigenvalue weighted by molar-refractivity contribution is 0.0675. The first-order valence-corrected chi connectivity index (χ1v) is 13.3. The molecule has 0 heterocycles. The van der Waals surface area contributed by atoms with Crippen LogP contribution in [0.5, 0.6) is 5.75 Å². The molecule has 0 aromatic heterocycles. The highest BCUT2D eigenvalue weighted by molar-refractivity contribution is 6.34. The molecule has 186 valence electrons. The molecule has 0 saturated heterocycles. The average Bonchev–Trinajstić information content (AvgIpc) is 2.82. The molecule has 5 aliphatic rings. The van der Waals surface area contributed by atoms with Gasteiger partial charge in [0.1, 0.15) is 29.2 Å².